The Balaban J connectivity index is 1.87. The Bertz CT molecular complexity index is 1180. The summed E-state index contributed by atoms with van der Waals surface area (Å²) < 4.78 is 0. The van der Waals surface area contributed by atoms with Gasteiger partial charge in [-0.3, -0.25) is 9.59 Å². The first-order chi connectivity index (χ1) is 14.2. The van der Waals surface area contributed by atoms with Crippen LogP contribution < -0.4 is 16.2 Å². The zero-order chi connectivity index (χ0) is 22.0. The first-order valence-corrected chi connectivity index (χ1v) is 10.2. The highest BCUT2D eigenvalue weighted by Gasteiger charge is 2.16. The average molecular weight is 424 g/mol. The van der Waals surface area contributed by atoms with Crippen LogP contribution in [-0.2, 0) is 6.54 Å². The van der Waals surface area contributed by atoms with Crippen molar-refractivity contribution in [1.82, 2.24) is 10.3 Å². The number of aryl methyl sites for hydroxylation is 3. The fourth-order valence-corrected chi connectivity index (χ4v) is 3.66. The molecule has 6 heteroatoms. The summed E-state index contributed by atoms with van der Waals surface area (Å²) in [5, 5.41) is 6.71. The van der Waals surface area contributed by atoms with Crippen molar-refractivity contribution in [1.29, 1.82) is 0 Å². The molecule has 0 saturated carbocycles. The molecule has 0 spiro atoms. The van der Waals surface area contributed by atoms with Gasteiger partial charge < -0.3 is 15.6 Å². The van der Waals surface area contributed by atoms with E-state index in [4.69, 9.17) is 11.6 Å². The fraction of sp³-hybridized carbons (Fsp3) is 0.250. The topological polar surface area (TPSA) is 74.0 Å². The van der Waals surface area contributed by atoms with E-state index >= 15 is 0 Å². The molecule has 0 radical (unpaired) electrons. The second-order valence-electron chi connectivity index (χ2n) is 7.62. The first kappa shape index (κ1) is 21.7. The van der Waals surface area contributed by atoms with E-state index in [1.807, 2.05) is 52.0 Å². The molecule has 156 valence electrons. The van der Waals surface area contributed by atoms with Gasteiger partial charge in [0.1, 0.15) is 0 Å². The number of halogens is 1. The van der Waals surface area contributed by atoms with Crippen LogP contribution in [-0.4, -0.2) is 10.9 Å². The molecule has 3 N–H and O–H groups in total. The quantitative estimate of drug-likeness (QED) is 0.525. The number of amides is 1. The molecule has 0 atom stereocenters. The number of H-pyrrole nitrogens is 1. The highest BCUT2D eigenvalue weighted by atomic mass is 35.5. The second kappa shape index (κ2) is 8.76. The maximum absolute atomic E-state index is 12.9. The second-order valence-corrected chi connectivity index (χ2v) is 8.06. The number of pyridine rings is 1. The number of hydrogen-bond donors (Lipinski definition) is 3. The van der Waals surface area contributed by atoms with E-state index in [2.05, 4.69) is 28.6 Å². The highest BCUT2D eigenvalue weighted by molar-refractivity contribution is 6.31. The molecular formula is C24H26ClN3O2. The molecule has 3 aromatic rings. The highest BCUT2D eigenvalue weighted by Crippen LogP contribution is 2.30. The van der Waals surface area contributed by atoms with E-state index in [0.717, 1.165) is 33.8 Å². The van der Waals surface area contributed by atoms with Gasteiger partial charge in [-0.05, 0) is 81.1 Å². The molecule has 3 rings (SSSR count). The third kappa shape index (κ3) is 4.57. The van der Waals surface area contributed by atoms with Gasteiger partial charge in [0, 0.05) is 39.8 Å². The number of carbonyl (C=O) groups is 1. The van der Waals surface area contributed by atoms with Crippen LogP contribution in [0.25, 0.3) is 0 Å². The van der Waals surface area contributed by atoms with Gasteiger partial charge in [-0.25, -0.2) is 0 Å². The molecule has 0 fully saturated rings. The van der Waals surface area contributed by atoms with Gasteiger partial charge in [-0.2, -0.15) is 0 Å². The van der Waals surface area contributed by atoms with Crippen molar-refractivity contribution in [3.05, 3.63) is 90.8 Å². The van der Waals surface area contributed by atoms with Crippen molar-refractivity contribution in [3.63, 3.8) is 0 Å². The summed E-state index contributed by atoms with van der Waals surface area (Å²) in [6.45, 7) is 9.82. The third-order valence-corrected chi connectivity index (χ3v) is 5.63. The van der Waals surface area contributed by atoms with Gasteiger partial charge in [0.15, 0.2) is 0 Å². The lowest BCUT2D eigenvalue weighted by Gasteiger charge is -2.17. The van der Waals surface area contributed by atoms with Gasteiger partial charge in [0.25, 0.3) is 11.5 Å². The minimum atomic E-state index is -0.279. The number of hydrogen-bond acceptors (Lipinski definition) is 3. The third-order valence-electron chi connectivity index (χ3n) is 5.41. The number of carbonyl (C=O) groups excluding carboxylic acids is 1. The van der Waals surface area contributed by atoms with Gasteiger partial charge >= 0.3 is 0 Å². The normalized spacial score (nSPS) is 10.7. The molecule has 0 aliphatic heterocycles. The number of aromatic amines is 1. The maximum atomic E-state index is 12.9. The molecule has 1 aromatic heterocycles. The van der Waals surface area contributed by atoms with Crippen LogP contribution in [0.4, 0.5) is 11.4 Å². The Kier molecular flexibility index (Phi) is 6.32. The van der Waals surface area contributed by atoms with E-state index < -0.39 is 0 Å². The molecule has 1 amide bonds. The number of anilines is 2. The van der Waals surface area contributed by atoms with Crippen LogP contribution in [0, 0.1) is 34.6 Å². The van der Waals surface area contributed by atoms with E-state index in [1.54, 1.807) is 6.07 Å². The lowest BCUT2D eigenvalue weighted by Crippen LogP contribution is -2.28. The van der Waals surface area contributed by atoms with Crippen molar-refractivity contribution < 1.29 is 4.79 Å². The summed E-state index contributed by atoms with van der Waals surface area (Å²) in [5.74, 6) is -0.279. The number of benzene rings is 2. The van der Waals surface area contributed by atoms with Crippen molar-refractivity contribution in [2.24, 2.45) is 0 Å². The van der Waals surface area contributed by atoms with E-state index in [0.29, 0.717) is 16.1 Å². The Morgan fingerprint density at radius 1 is 0.967 bits per heavy atom. The van der Waals surface area contributed by atoms with Gasteiger partial charge in [0.2, 0.25) is 0 Å². The summed E-state index contributed by atoms with van der Waals surface area (Å²) in [5.41, 5.74) is 7.30. The van der Waals surface area contributed by atoms with Crippen molar-refractivity contribution in [3.8, 4) is 0 Å². The monoisotopic (exact) mass is 423 g/mol. The molecular weight excluding hydrogens is 398 g/mol. The van der Waals surface area contributed by atoms with Gasteiger partial charge in [0.05, 0.1) is 0 Å². The van der Waals surface area contributed by atoms with Gasteiger partial charge in [-0.15, -0.1) is 0 Å². The van der Waals surface area contributed by atoms with Crippen molar-refractivity contribution in [2.45, 2.75) is 41.2 Å². The van der Waals surface area contributed by atoms with Crippen LogP contribution in [0.15, 0.2) is 41.2 Å². The Morgan fingerprint density at radius 3 is 2.40 bits per heavy atom. The van der Waals surface area contributed by atoms with Crippen molar-refractivity contribution in [2.75, 3.05) is 5.32 Å². The number of rotatable bonds is 5. The van der Waals surface area contributed by atoms with Gasteiger partial charge in [-0.1, -0.05) is 23.7 Å². The molecule has 0 unspecified atom stereocenters. The molecule has 0 aliphatic rings. The lowest BCUT2D eigenvalue weighted by molar-refractivity contribution is 0.0950. The largest absolute Gasteiger partial charge is 0.355 e. The summed E-state index contributed by atoms with van der Waals surface area (Å²) in [6.07, 6.45) is 0. The number of aromatic nitrogens is 1. The van der Waals surface area contributed by atoms with Crippen LogP contribution in [0.3, 0.4) is 0 Å². The molecule has 30 heavy (non-hydrogen) atoms. The zero-order valence-electron chi connectivity index (χ0n) is 17.9. The maximum Gasteiger partial charge on any atom is 0.253 e. The first-order valence-electron chi connectivity index (χ1n) is 9.78. The molecule has 0 bridgehead atoms. The molecule has 0 saturated heterocycles. The van der Waals surface area contributed by atoms with E-state index in [-0.39, 0.29) is 18.0 Å². The summed E-state index contributed by atoms with van der Waals surface area (Å²) >= 11 is 6.31. The molecule has 0 aliphatic carbocycles. The summed E-state index contributed by atoms with van der Waals surface area (Å²) in [4.78, 5) is 27.9. The molecule has 2 aromatic carbocycles. The Labute approximate surface area is 181 Å². The Hall–Kier alpha value is -3.05. The zero-order valence-corrected chi connectivity index (χ0v) is 18.6. The lowest BCUT2D eigenvalue weighted by atomic mass is 10.0. The molecule has 1 heterocycles. The minimum absolute atomic E-state index is 0.145. The molecule has 5 nitrogen and oxygen atoms in total. The summed E-state index contributed by atoms with van der Waals surface area (Å²) in [6, 6.07) is 11.4. The standard InChI is InChI=1S/C24H26ClN3O2/c1-13-7-6-8-21(16(13)4)28-22-11-18(25)10-19(17(22)5)23(29)26-12-20-14(2)9-15(3)27-24(20)30/h6-11,28H,12H2,1-5H3,(H,26,29)(H,27,30). The van der Waals surface area contributed by atoms with Crippen LogP contribution in [0.5, 0.6) is 0 Å². The van der Waals surface area contributed by atoms with E-state index in [1.165, 1.54) is 5.56 Å². The van der Waals surface area contributed by atoms with Crippen LogP contribution >= 0.6 is 11.6 Å². The predicted octanol–water partition coefficient (Wildman–Crippen LogP) is 5.24. The summed E-state index contributed by atoms with van der Waals surface area (Å²) in [7, 11) is 0. The Morgan fingerprint density at radius 2 is 1.70 bits per heavy atom. The minimum Gasteiger partial charge on any atom is -0.355 e. The predicted molar refractivity (Wildman–Crippen MR) is 123 cm³/mol. The van der Waals surface area contributed by atoms with E-state index in [9.17, 15) is 9.59 Å². The van der Waals surface area contributed by atoms with Crippen LogP contribution in [0.1, 0.15) is 43.9 Å². The average Bonchev–Trinajstić information content (AvgIpc) is 2.66. The van der Waals surface area contributed by atoms with Crippen molar-refractivity contribution >= 4 is 28.9 Å². The fourth-order valence-electron chi connectivity index (χ4n) is 3.44. The SMILES string of the molecule is Cc1cc(C)c(CNC(=O)c2cc(Cl)cc(Nc3cccc(C)c3C)c2C)c(=O)[nH]1. The number of nitrogens with one attached hydrogen (secondary N) is 3. The van der Waals surface area contributed by atoms with Crippen LogP contribution in [0.2, 0.25) is 5.02 Å². The smallest absolute Gasteiger partial charge is 0.253 e.